The summed E-state index contributed by atoms with van der Waals surface area (Å²) < 4.78 is 0.882. The fraction of sp³-hybridized carbons (Fsp3) is 0.455. The van der Waals surface area contributed by atoms with Crippen molar-refractivity contribution in [2.24, 2.45) is 11.7 Å². The maximum atomic E-state index is 10.9. The van der Waals surface area contributed by atoms with Crippen molar-refractivity contribution < 1.29 is 4.92 Å². The highest BCUT2D eigenvalue weighted by molar-refractivity contribution is 14.1. The third kappa shape index (κ3) is 2.70. The average molecular weight is 332 g/mol. The summed E-state index contributed by atoms with van der Waals surface area (Å²) in [5, 5.41) is 10.9. The molecule has 5 heteroatoms. The lowest BCUT2D eigenvalue weighted by molar-refractivity contribution is -0.385. The molecule has 2 N–H and O–H groups in total. The van der Waals surface area contributed by atoms with Crippen LogP contribution in [0, 0.1) is 19.6 Å². The molecule has 1 fully saturated rings. The predicted octanol–water partition coefficient (Wildman–Crippen LogP) is 2.48. The molecule has 1 aromatic carbocycles. The van der Waals surface area contributed by atoms with Gasteiger partial charge in [-0.3, -0.25) is 10.1 Å². The summed E-state index contributed by atoms with van der Waals surface area (Å²) in [5.41, 5.74) is 6.95. The maximum Gasteiger partial charge on any atom is 0.273 e. The minimum absolute atomic E-state index is 0.0683. The van der Waals surface area contributed by atoms with Gasteiger partial charge in [-0.05, 0) is 53.8 Å². The summed E-state index contributed by atoms with van der Waals surface area (Å²) in [7, 11) is 0. The molecule has 0 bridgehead atoms. The Kier molecular flexibility index (Phi) is 3.44. The van der Waals surface area contributed by atoms with Gasteiger partial charge in [0.15, 0.2) is 0 Å². The lowest BCUT2D eigenvalue weighted by Crippen LogP contribution is -2.25. The Labute approximate surface area is 108 Å². The van der Waals surface area contributed by atoms with Crippen LogP contribution in [0.3, 0.4) is 0 Å². The van der Waals surface area contributed by atoms with Crippen LogP contribution in [0.15, 0.2) is 18.2 Å². The second kappa shape index (κ2) is 4.67. The first kappa shape index (κ1) is 11.8. The molecule has 1 saturated carbocycles. The van der Waals surface area contributed by atoms with Gasteiger partial charge in [0.05, 0.1) is 4.92 Å². The highest BCUT2D eigenvalue weighted by atomic mass is 127. The second-order valence-corrected chi connectivity index (χ2v) is 5.48. The molecule has 0 aromatic heterocycles. The molecule has 1 atom stereocenters. The van der Waals surface area contributed by atoms with Gasteiger partial charge in [0.25, 0.3) is 5.69 Å². The number of benzene rings is 1. The number of nitrogens with two attached hydrogens (primary N) is 1. The minimum atomic E-state index is -0.322. The van der Waals surface area contributed by atoms with Crippen molar-refractivity contribution in [3.63, 3.8) is 0 Å². The predicted molar refractivity (Wildman–Crippen MR) is 70.2 cm³/mol. The van der Waals surface area contributed by atoms with Crippen LogP contribution in [0.4, 0.5) is 5.69 Å². The van der Waals surface area contributed by atoms with Gasteiger partial charge in [0.1, 0.15) is 0 Å². The highest BCUT2D eigenvalue weighted by Crippen LogP contribution is 2.34. The van der Waals surface area contributed by atoms with Crippen LogP contribution >= 0.6 is 22.6 Å². The van der Waals surface area contributed by atoms with Gasteiger partial charge in [0, 0.05) is 21.2 Å². The van der Waals surface area contributed by atoms with E-state index in [0.29, 0.717) is 12.3 Å². The topological polar surface area (TPSA) is 69.2 Å². The monoisotopic (exact) mass is 332 g/mol. The molecule has 0 saturated heterocycles. The zero-order chi connectivity index (χ0) is 11.7. The quantitative estimate of drug-likeness (QED) is 0.523. The Morgan fingerprint density at radius 1 is 1.56 bits per heavy atom. The first-order chi connectivity index (χ1) is 7.58. The molecule has 1 unspecified atom stereocenters. The van der Waals surface area contributed by atoms with E-state index in [1.54, 1.807) is 6.07 Å². The van der Waals surface area contributed by atoms with Crippen molar-refractivity contribution in [1.82, 2.24) is 0 Å². The molecular weight excluding hydrogens is 319 g/mol. The van der Waals surface area contributed by atoms with Gasteiger partial charge in [-0.2, -0.15) is 0 Å². The summed E-state index contributed by atoms with van der Waals surface area (Å²) >= 11 is 2.08. The van der Waals surface area contributed by atoms with Crippen LogP contribution < -0.4 is 5.73 Å². The molecule has 0 radical (unpaired) electrons. The van der Waals surface area contributed by atoms with Gasteiger partial charge in [-0.1, -0.05) is 6.07 Å². The number of nitro benzene ring substituents is 1. The van der Waals surface area contributed by atoms with E-state index in [0.717, 1.165) is 9.13 Å². The standard InChI is InChI=1S/C11H13IN2O2/c12-9-4-3-8(11(6-9)14(15)16)5-10(13)7-1-2-7/h3-4,6-7,10H,1-2,5,13H2. The summed E-state index contributed by atoms with van der Waals surface area (Å²) in [4.78, 5) is 10.6. The number of hydrogen-bond acceptors (Lipinski definition) is 3. The van der Waals surface area contributed by atoms with Crippen molar-refractivity contribution >= 4 is 28.3 Å². The molecule has 0 amide bonds. The van der Waals surface area contributed by atoms with Crippen LogP contribution in [0.2, 0.25) is 0 Å². The summed E-state index contributed by atoms with van der Waals surface area (Å²) in [6, 6.07) is 5.39. The number of nitro groups is 1. The largest absolute Gasteiger partial charge is 0.327 e. The Morgan fingerprint density at radius 2 is 2.25 bits per heavy atom. The molecule has 0 aliphatic heterocycles. The van der Waals surface area contributed by atoms with Gasteiger partial charge in [0.2, 0.25) is 0 Å². The third-order valence-electron chi connectivity index (χ3n) is 2.93. The molecule has 1 aliphatic rings. The van der Waals surface area contributed by atoms with Crippen LogP contribution in [-0.2, 0) is 6.42 Å². The van der Waals surface area contributed by atoms with Crippen molar-refractivity contribution in [2.45, 2.75) is 25.3 Å². The van der Waals surface area contributed by atoms with E-state index in [-0.39, 0.29) is 16.7 Å². The average Bonchev–Trinajstić information content (AvgIpc) is 3.03. The molecule has 0 heterocycles. The normalized spacial score (nSPS) is 17.1. The van der Waals surface area contributed by atoms with E-state index in [2.05, 4.69) is 22.6 Å². The van der Waals surface area contributed by atoms with E-state index >= 15 is 0 Å². The van der Waals surface area contributed by atoms with Crippen molar-refractivity contribution in [3.8, 4) is 0 Å². The first-order valence-electron chi connectivity index (χ1n) is 5.26. The highest BCUT2D eigenvalue weighted by Gasteiger charge is 2.30. The lowest BCUT2D eigenvalue weighted by Gasteiger charge is -2.10. The van der Waals surface area contributed by atoms with Crippen molar-refractivity contribution in [2.75, 3.05) is 0 Å². The van der Waals surface area contributed by atoms with Crippen LogP contribution in [-0.4, -0.2) is 11.0 Å². The van der Waals surface area contributed by atoms with Gasteiger partial charge >= 0.3 is 0 Å². The third-order valence-corrected chi connectivity index (χ3v) is 3.60. The Hall–Kier alpha value is -0.690. The first-order valence-corrected chi connectivity index (χ1v) is 6.34. The molecule has 4 nitrogen and oxygen atoms in total. The van der Waals surface area contributed by atoms with Crippen LogP contribution in [0.5, 0.6) is 0 Å². The van der Waals surface area contributed by atoms with Crippen molar-refractivity contribution in [1.29, 1.82) is 0 Å². The lowest BCUT2D eigenvalue weighted by atomic mass is 10.0. The molecule has 86 valence electrons. The van der Waals surface area contributed by atoms with Gasteiger partial charge in [-0.15, -0.1) is 0 Å². The van der Waals surface area contributed by atoms with Crippen LogP contribution in [0.25, 0.3) is 0 Å². The zero-order valence-corrected chi connectivity index (χ0v) is 10.9. The minimum Gasteiger partial charge on any atom is -0.327 e. The summed E-state index contributed by atoms with van der Waals surface area (Å²) in [6.45, 7) is 0. The molecule has 16 heavy (non-hydrogen) atoms. The summed E-state index contributed by atoms with van der Waals surface area (Å²) in [5.74, 6) is 0.568. The maximum absolute atomic E-state index is 10.9. The van der Waals surface area contributed by atoms with Gasteiger partial charge < -0.3 is 5.73 Å². The Balaban J connectivity index is 2.21. The number of nitrogens with zero attached hydrogens (tertiary/aromatic N) is 1. The van der Waals surface area contributed by atoms with Gasteiger partial charge in [-0.25, -0.2) is 0 Å². The number of hydrogen-bond donors (Lipinski definition) is 1. The second-order valence-electron chi connectivity index (χ2n) is 4.24. The van der Waals surface area contributed by atoms with E-state index in [1.807, 2.05) is 12.1 Å². The molecule has 1 aromatic rings. The number of halogens is 1. The molecule has 1 aliphatic carbocycles. The molecule has 2 rings (SSSR count). The van der Waals surface area contributed by atoms with E-state index in [1.165, 1.54) is 12.8 Å². The smallest absolute Gasteiger partial charge is 0.273 e. The zero-order valence-electron chi connectivity index (χ0n) is 8.73. The summed E-state index contributed by atoms with van der Waals surface area (Å²) in [6.07, 6.45) is 2.94. The van der Waals surface area contributed by atoms with E-state index < -0.39 is 0 Å². The van der Waals surface area contributed by atoms with E-state index in [4.69, 9.17) is 5.73 Å². The van der Waals surface area contributed by atoms with E-state index in [9.17, 15) is 10.1 Å². The van der Waals surface area contributed by atoms with Crippen molar-refractivity contribution in [3.05, 3.63) is 37.4 Å². The molecule has 0 spiro atoms. The van der Waals surface area contributed by atoms with Crippen LogP contribution in [0.1, 0.15) is 18.4 Å². The fourth-order valence-corrected chi connectivity index (χ4v) is 2.30. The molecular formula is C11H13IN2O2. The fourth-order valence-electron chi connectivity index (χ4n) is 1.82. The Bertz CT molecular complexity index is 418. The number of rotatable bonds is 4. The Morgan fingerprint density at radius 3 is 2.81 bits per heavy atom. The SMILES string of the molecule is NC(Cc1ccc(I)cc1[N+](=O)[O-])C1CC1.